The highest BCUT2D eigenvalue weighted by Gasteiger charge is 1.92. The van der Waals surface area contributed by atoms with E-state index in [1.807, 2.05) is 11.8 Å². The van der Waals surface area contributed by atoms with Gasteiger partial charge in [-0.3, -0.25) is 0 Å². The minimum Gasteiger partial charge on any atom is -0.379 e. The Balaban J connectivity index is 0. The van der Waals surface area contributed by atoms with Gasteiger partial charge in [-0.15, -0.1) is 0 Å². The lowest BCUT2D eigenvalue weighted by atomic mass is 10.4. The van der Waals surface area contributed by atoms with E-state index in [1.54, 1.807) is 0 Å². The normalized spacial score (nSPS) is 10.9. The maximum atomic E-state index is 5.38. The second-order valence-electron chi connectivity index (χ2n) is 2.67. The first-order chi connectivity index (χ1) is 5.27. The predicted molar refractivity (Wildman–Crippen MR) is 54.2 cm³/mol. The lowest BCUT2D eigenvalue weighted by molar-refractivity contribution is 0.0800. The highest BCUT2D eigenvalue weighted by molar-refractivity contribution is 7.99. The topological polar surface area (TPSA) is 35.2 Å². The number of thioether (sulfide) groups is 1. The molecule has 0 aliphatic carbocycles. The zero-order chi connectivity index (χ0) is 8.53. The van der Waals surface area contributed by atoms with Crippen molar-refractivity contribution >= 4 is 11.8 Å². The summed E-state index contributed by atoms with van der Waals surface area (Å²) in [6, 6.07) is 0. The molecule has 0 spiro atoms. The molecule has 0 atom stereocenters. The van der Waals surface area contributed by atoms with Crippen molar-refractivity contribution in [3.05, 3.63) is 0 Å². The van der Waals surface area contributed by atoms with Crippen molar-refractivity contribution in [3.63, 3.8) is 0 Å². The van der Waals surface area contributed by atoms with Crippen molar-refractivity contribution in [3.8, 4) is 0 Å². The van der Waals surface area contributed by atoms with Crippen molar-refractivity contribution in [1.29, 1.82) is 0 Å². The molecule has 0 saturated carbocycles. The predicted octanol–water partition coefficient (Wildman–Crippen LogP) is 1.74. The molecule has 0 saturated heterocycles. The molecule has 0 bridgehead atoms. The van der Waals surface area contributed by atoms with Gasteiger partial charge in [0.1, 0.15) is 0 Å². The van der Waals surface area contributed by atoms with Crippen LogP contribution in [0.1, 0.15) is 21.7 Å². The fourth-order valence-corrected chi connectivity index (χ4v) is 1.36. The van der Waals surface area contributed by atoms with Crippen LogP contribution in [0.3, 0.4) is 0 Å². The molecule has 0 radical (unpaired) electrons. The second kappa shape index (κ2) is 8.37. The van der Waals surface area contributed by atoms with Gasteiger partial charge < -0.3 is 10.5 Å². The summed E-state index contributed by atoms with van der Waals surface area (Å²) >= 11 is 1.90. The molecule has 0 aromatic heterocycles. The Bertz CT molecular complexity index is 83.5. The van der Waals surface area contributed by atoms with Crippen LogP contribution in [0.15, 0.2) is 0 Å². The van der Waals surface area contributed by atoms with Crippen molar-refractivity contribution in [2.24, 2.45) is 5.73 Å². The Morgan fingerprint density at radius 1 is 1.45 bits per heavy atom. The molecule has 0 rings (SSSR count). The van der Waals surface area contributed by atoms with E-state index >= 15 is 0 Å². The monoisotopic (exact) mass is 179 g/mol. The Hall–Kier alpha value is 0.270. The molecule has 70 valence electrons. The second-order valence-corrected chi connectivity index (χ2v) is 3.90. The van der Waals surface area contributed by atoms with E-state index in [0.29, 0.717) is 6.10 Å². The smallest absolute Gasteiger partial charge is 0.0518 e. The van der Waals surface area contributed by atoms with Gasteiger partial charge in [0.15, 0.2) is 0 Å². The molecular weight excluding hydrogens is 158 g/mol. The summed E-state index contributed by atoms with van der Waals surface area (Å²) in [6.45, 7) is 5.80. The third kappa shape index (κ3) is 10.3. The van der Waals surface area contributed by atoms with Crippen LogP contribution in [0, 0.1) is 0 Å². The molecule has 0 aromatic carbocycles. The molecule has 2 N–H and O–H groups in total. The zero-order valence-corrected chi connectivity index (χ0v) is 8.32. The maximum Gasteiger partial charge on any atom is 0.0518 e. The van der Waals surface area contributed by atoms with E-state index in [4.69, 9.17) is 10.5 Å². The average Bonchev–Trinajstić information content (AvgIpc) is 1.96. The summed E-state index contributed by atoms with van der Waals surface area (Å²) in [7, 11) is 0. The Kier molecular flexibility index (Phi) is 8.57. The number of ether oxygens (including phenoxy) is 1. The molecule has 0 fully saturated rings. The summed E-state index contributed by atoms with van der Waals surface area (Å²) in [5.41, 5.74) is 5.34. The van der Waals surface area contributed by atoms with E-state index in [2.05, 4.69) is 13.8 Å². The first-order valence-electron chi connectivity index (χ1n) is 4.16. The molecule has 11 heavy (non-hydrogen) atoms. The van der Waals surface area contributed by atoms with Crippen LogP contribution in [0.5, 0.6) is 0 Å². The van der Waals surface area contributed by atoms with Gasteiger partial charge >= 0.3 is 0 Å². The summed E-state index contributed by atoms with van der Waals surface area (Å²) in [6.07, 6.45) is 1.51. The molecule has 3 heteroatoms. The van der Waals surface area contributed by atoms with Crippen molar-refractivity contribution in [2.75, 3.05) is 24.7 Å². The Labute approximate surface area is 75.4 Å². The van der Waals surface area contributed by atoms with Crippen LogP contribution in [-0.2, 0) is 4.74 Å². The number of nitrogens with two attached hydrogens (primary N) is 1. The molecule has 0 amide bonds. The van der Waals surface area contributed by atoms with Gasteiger partial charge in [-0.1, -0.05) is 0 Å². The maximum absolute atomic E-state index is 5.38. The van der Waals surface area contributed by atoms with E-state index < -0.39 is 0 Å². The molecule has 0 heterocycles. The first kappa shape index (κ1) is 11.3. The quantitative estimate of drug-likeness (QED) is 0.605. The minimum atomic E-state index is 0. The van der Waals surface area contributed by atoms with Crippen molar-refractivity contribution in [1.82, 2.24) is 0 Å². The standard InChI is InChI=1S/C8H19NOS.H2/c1-8(2)10-5-3-6-11-7-4-9;/h8H,3-7,9H2,1-2H3;1H. The van der Waals surface area contributed by atoms with Gasteiger partial charge in [0.2, 0.25) is 0 Å². The van der Waals surface area contributed by atoms with Gasteiger partial charge in [0, 0.05) is 20.3 Å². The third-order valence-corrected chi connectivity index (χ3v) is 2.25. The molecule has 2 nitrogen and oxygen atoms in total. The lowest BCUT2D eigenvalue weighted by Gasteiger charge is -2.06. The lowest BCUT2D eigenvalue weighted by Crippen LogP contribution is -2.06. The van der Waals surface area contributed by atoms with Gasteiger partial charge in [-0.05, 0) is 26.0 Å². The molecule has 0 aromatic rings. The van der Waals surface area contributed by atoms with Crippen molar-refractivity contribution < 1.29 is 6.16 Å². The van der Waals surface area contributed by atoms with Crippen LogP contribution in [0.2, 0.25) is 0 Å². The van der Waals surface area contributed by atoms with E-state index in [-0.39, 0.29) is 1.43 Å². The van der Waals surface area contributed by atoms with E-state index in [0.717, 1.165) is 25.3 Å². The average molecular weight is 179 g/mol. The summed E-state index contributed by atoms with van der Waals surface area (Å²) in [4.78, 5) is 0. The van der Waals surface area contributed by atoms with Gasteiger partial charge in [-0.25, -0.2) is 0 Å². The van der Waals surface area contributed by atoms with Gasteiger partial charge in [-0.2, -0.15) is 11.8 Å². The number of hydrogen-bond acceptors (Lipinski definition) is 3. The highest BCUT2D eigenvalue weighted by Crippen LogP contribution is 2.01. The van der Waals surface area contributed by atoms with Crippen molar-refractivity contribution in [2.45, 2.75) is 26.4 Å². The molecule has 0 unspecified atom stereocenters. The number of hydrogen-bond donors (Lipinski definition) is 1. The molecular formula is C8H21NOS. The van der Waals surface area contributed by atoms with Crippen LogP contribution < -0.4 is 5.73 Å². The Morgan fingerprint density at radius 2 is 2.18 bits per heavy atom. The van der Waals surface area contributed by atoms with E-state index in [9.17, 15) is 0 Å². The zero-order valence-electron chi connectivity index (χ0n) is 7.51. The first-order valence-corrected chi connectivity index (χ1v) is 5.32. The molecule has 0 aliphatic heterocycles. The van der Waals surface area contributed by atoms with Crippen LogP contribution >= 0.6 is 11.8 Å². The van der Waals surface area contributed by atoms with E-state index in [1.165, 1.54) is 5.75 Å². The van der Waals surface area contributed by atoms with Gasteiger partial charge in [0.25, 0.3) is 0 Å². The minimum absolute atomic E-state index is 0. The summed E-state index contributed by atoms with van der Waals surface area (Å²) in [5.74, 6) is 2.24. The van der Waals surface area contributed by atoms with Gasteiger partial charge in [0.05, 0.1) is 6.10 Å². The van der Waals surface area contributed by atoms with Crippen LogP contribution in [0.4, 0.5) is 0 Å². The molecule has 0 aliphatic rings. The summed E-state index contributed by atoms with van der Waals surface area (Å²) < 4.78 is 5.38. The fourth-order valence-electron chi connectivity index (χ4n) is 0.665. The summed E-state index contributed by atoms with van der Waals surface area (Å²) in [5, 5.41) is 0. The fraction of sp³-hybridized carbons (Fsp3) is 1.00. The van der Waals surface area contributed by atoms with Crippen LogP contribution in [0.25, 0.3) is 0 Å². The number of rotatable bonds is 7. The Morgan fingerprint density at radius 3 is 2.73 bits per heavy atom. The SMILES string of the molecule is CC(C)OCCCSCCN.[HH]. The largest absolute Gasteiger partial charge is 0.379 e. The van der Waals surface area contributed by atoms with Crippen LogP contribution in [-0.4, -0.2) is 30.8 Å². The third-order valence-electron chi connectivity index (χ3n) is 1.15. The highest BCUT2D eigenvalue weighted by atomic mass is 32.2.